The lowest BCUT2D eigenvalue weighted by atomic mass is 10.2. The van der Waals surface area contributed by atoms with Gasteiger partial charge in [-0.15, -0.1) is 45.5 Å². The molecular weight excluding hydrogens is 463 g/mol. The minimum absolute atomic E-state index is 0. The lowest BCUT2D eigenvalue weighted by molar-refractivity contribution is 0.203. The summed E-state index contributed by atoms with van der Waals surface area (Å²) >= 11 is 1.84. The topological polar surface area (TPSA) is 76.4 Å². The third-order valence-corrected chi connectivity index (χ3v) is 4.87. The number of halogens is 1. The second-order valence-electron chi connectivity index (χ2n) is 6.07. The molecule has 2 rings (SSSR count). The maximum Gasteiger partial charge on any atom is 0.192 e. The van der Waals surface area contributed by atoms with Crippen LogP contribution in [0.15, 0.2) is 17.1 Å². The number of guanidine groups is 1. The molecule has 2 aromatic rings. The van der Waals surface area contributed by atoms with Crippen LogP contribution < -0.4 is 10.6 Å². The van der Waals surface area contributed by atoms with Crippen molar-refractivity contribution in [3.63, 3.8) is 0 Å². The van der Waals surface area contributed by atoms with E-state index in [1.165, 1.54) is 9.75 Å². The van der Waals surface area contributed by atoms with Crippen molar-refractivity contribution < 1.29 is 4.74 Å². The maximum absolute atomic E-state index is 5.11. The van der Waals surface area contributed by atoms with E-state index in [0.717, 1.165) is 24.0 Å². The van der Waals surface area contributed by atoms with Crippen molar-refractivity contribution in [2.45, 2.75) is 39.8 Å². The lowest BCUT2D eigenvalue weighted by Gasteiger charge is -2.18. The van der Waals surface area contributed by atoms with Crippen LogP contribution in [0.3, 0.4) is 0 Å². The summed E-state index contributed by atoms with van der Waals surface area (Å²) < 4.78 is 7.06. The van der Waals surface area contributed by atoms with Crippen LogP contribution in [-0.4, -0.2) is 47.0 Å². The number of hydrogen-bond acceptors (Lipinski definition) is 5. The summed E-state index contributed by atoms with van der Waals surface area (Å²) in [4.78, 5) is 7.36. The van der Waals surface area contributed by atoms with Gasteiger partial charge in [0.25, 0.3) is 0 Å². The molecule has 26 heavy (non-hydrogen) atoms. The Bertz CT molecular complexity index is 699. The Morgan fingerprint density at radius 1 is 1.35 bits per heavy atom. The van der Waals surface area contributed by atoms with Crippen LogP contribution in [0.5, 0.6) is 0 Å². The quantitative estimate of drug-likeness (QED) is 0.256. The van der Waals surface area contributed by atoms with Crippen molar-refractivity contribution in [2.75, 3.05) is 20.3 Å². The summed E-state index contributed by atoms with van der Waals surface area (Å²) in [5, 5.41) is 15.0. The molecule has 2 heterocycles. The summed E-state index contributed by atoms with van der Waals surface area (Å²) in [6.07, 6.45) is 0.965. The van der Waals surface area contributed by atoms with Crippen LogP contribution in [0, 0.1) is 13.8 Å². The van der Waals surface area contributed by atoms with E-state index >= 15 is 0 Å². The average molecular weight is 492 g/mol. The van der Waals surface area contributed by atoms with E-state index in [1.807, 2.05) is 29.9 Å². The fourth-order valence-corrected chi connectivity index (χ4v) is 3.36. The van der Waals surface area contributed by atoms with Crippen LogP contribution in [0.25, 0.3) is 0 Å². The van der Waals surface area contributed by atoms with Crippen molar-refractivity contribution in [3.05, 3.63) is 33.5 Å². The van der Waals surface area contributed by atoms with Gasteiger partial charge in [-0.25, -0.2) is 4.99 Å². The third kappa shape index (κ3) is 7.20. The van der Waals surface area contributed by atoms with Gasteiger partial charge in [-0.05, 0) is 32.9 Å². The highest BCUT2D eigenvalue weighted by Gasteiger charge is 2.09. The first kappa shape index (κ1) is 22.8. The van der Waals surface area contributed by atoms with Crippen LogP contribution in [0.2, 0.25) is 0 Å². The fraction of sp³-hybridized carbons (Fsp3) is 0.588. The first-order valence-electron chi connectivity index (χ1n) is 8.43. The first-order valence-corrected chi connectivity index (χ1v) is 9.25. The summed E-state index contributed by atoms with van der Waals surface area (Å²) in [5.74, 6) is 2.49. The van der Waals surface area contributed by atoms with E-state index in [4.69, 9.17) is 4.74 Å². The molecule has 0 saturated heterocycles. The van der Waals surface area contributed by atoms with Crippen LogP contribution in [-0.2, 0) is 24.8 Å². The van der Waals surface area contributed by atoms with E-state index in [-0.39, 0.29) is 30.0 Å². The highest BCUT2D eigenvalue weighted by Crippen LogP contribution is 2.16. The summed E-state index contributed by atoms with van der Waals surface area (Å²) in [7, 11) is 3.64. The van der Waals surface area contributed by atoms with Crippen LogP contribution in [0.4, 0.5) is 0 Å². The fourth-order valence-electron chi connectivity index (χ4n) is 2.34. The predicted molar refractivity (Wildman–Crippen MR) is 118 cm³/mol. The van der Waals surface area contributed by atoms with Gasteiger partial charge in [0, 0.05) is 42.9 Å². The number of nitrogens with one attached hydrogen (secondary N) is 2. The number of aromatic nitrogens is 3. The molecule has 7 nitrogen and oxygen atoms in total. The molecule has 0 bridgehead atoms. The Morgan fingerprint density at radius 2 is 2.12 bits per heavy atom. The van der Waals surface area contributed by atoms with Gasteiger partial charge in [-0.2, -0.15) is 0 Å². The van der Waals surface area contributed by atoms with E-state index in [9.17, 15) is 0 Å². The highest BCUT2D eigenvalue weighted by atomic mass is 127. The number of rotatable bonds is 8. The van der Waals surface area contributed by atoms with Gasteiger partial charge in [0.05, 0.1) is 6.61 Å². The van der Waals surface area contributed by atoms with Gasteiger partial charge in [-0.1, -0.05) is 0 Å². The molecule has 0 aromatic carbocycles. The highest BCUT2D eigenvalue weighted by molar-refractivity contribution is 14.0. The zero-order chi connectivity index (χ0) is 18.2. The SMILES string of the molecule is COCCNC(=NCc1nnc(C)n1C)NC(C)Cc1ccc(C)s1.I. The van der Waals surface area contributed by atoms with Crippen molar-refractivity contribution >= 4 is 41.3 Å². The monoisotopic (exact) mass is 492 g/mol. The van der Waals surface area contributed by atoms with E-state index in [1.54, 1.807) is 7.11 Å². The number of ether oxygens (including phenoxy) is 1. The number of hydrogen-bond donors (Lipinski definition) is 2. The van der Waals surface area contributed by atoms with E-state index < -0.39 is 0 Å². The standard InChI is InChI=1S/C17H28N6OS.HI/c1-12(10-15-7-6-13(2)25-15)20-17(18-8-9-24-5)19-11-16-22-21-14(3)23(16)4;/h6-7,12H,8-11H2,1-5H3,(H2,18,19,20);1H. The minimum atomic E-state index is 0. The van der Waals surface area contributed by atoms with E-state index in [2.05, 4.69) is 51.8 Å². The number of aryl methyl sites for hydroxylation is 2. The maximum atomic E-state index is 5.11. The Balaban J connectivity index is 0.00000338. The minimum Gasteiger partial charge on any atom is -0.383 e. The number of thiophene rings is 1. The molecular formula is C17H29IN6OS. The van der Waals surface area contributed by atoms with Gasteiger partial charge >= 0.3 is 0 Å². The summed E-state index contributed by atoms with van der Waals surface area (Å²) in [6, 6.07) is 4.62. The summed E-state index contributed by atoms with van der Waals surface area (Å²) in [6.45, 7) is 8.03. The molecule has 0 spiro atoms. The van der Waals surface area contributed by atoms with Gasteiger partial charge in [-0.3, -0.25) is 0 Å². The van der Waals surface area contributed by atoms with Crippen molar-refractivity contribution in [1.82, 2.24) is 25.4 Å². The molecule has 1 atom stereocenters. The first-order chi connectivity index (χ1) is 12.0. The van der Waals surface area contributed by atoms with Gasteiger partial charge < -0.3 is 19.9 Å². The largest absolute Gasteiger partial charge is 0.383 e. The molecule has 0 amide bonds. The molecule has 0 radical (unpaired) electrons. The van der Waals surface area contributed by atoms with Crippen molar-refractivity contribution in [1.29, 1.82) is 0 Å². The Kier molecular flexibility index (Phi) is 10.1. The van der Waals surface area contributed by atoms with Gasteiger partial charge in [0.15, 0.2) is 11.8 Å². The molecule has 2 aromatic heterocycles. The zero-order valence-corrected chi connectivity index (χ0v) is 19.2. The molecule has 9 heteroatoms. The molecule has 0 saturated carbocycles. The Morgan fingerprint density at radius 3 is 2.69 bits per heavy atom. The molecule has 0 aliphatic rings. The molecule has 146 valence electrons. The van der Waals surface area contributed by atoms with E-state index in [0.29, 0.717) is 19.7 Å². The lowest BCUT2D eigenvalue weighted by Crippen LogP contribution is -2.44. The zero-order valence-electron chi connectivity index (χ0n) is 16.1. The van der Waals surface area contributed by atoms with Gasteiger partial charge in [0.1, 0.15) is 12.4 Å². The molecule has 0 aliphatic heterocycles. The Labute approximate surface area is 176 Å². The van der Waals surface area contributed by atoms with Crippen molar-refractivity contribution in [2.24, 2.45) is 12.0 Å². The second kappa shape index (κ2) is 11.5. The molecule has 0 aliphatic carbocycles. The molecule has 0 fully saturated rings. The number of aliphatic imine (C=N–C) groups is 1. The normalized spacial score (nSPS) is 12.6. The van der Waals surface area contributed by atoms with Crippen LogP contribution in [0.1, 0.15) is 28.3 Å². The molecule has 2 N–H and O–H groups in total. The van der Waals surface area contributed by atoms with Crippen molar-refractivity contribution in [3.8, 4) is 0 Å². The average Bonchev–Trinajstić information content (AvgIpc) is 3.11. The smallest absolute Gasteiger partial charge is 0.192 e. The second-order valence-corrected chi connectivity index (χ2v) is 7.44. The number of methoxy groups -OCH3 is 1. The summed E-state index contributed by atoms with van der Waals surface area (Å²) in [5.41, 5.74) is 0. The molecule has 1 unspecified atom stereocenters. The number of nitrogens with zero attached hydrogens (tertiary/aromatic N) is 4. The predicted octanol–water partition coefficient (Wildman–Crippen LogP) is 2.42. The third-order valence-electron chi connectivity index (χ3n) is 3.85. The Hall–Kier alpha value is -1.20. The van der Waals surface area contributed by atoms with Gasteiger partial charge in [0.2, 0.25) is 0 Å². The van der Waals surface area contributed by atoms with Crippen LogP contribution >= 0.6 is 35.3 Å².